The van der Waals surface area contributed by atoms with E-state index in [1.54, 1.807) is 0 Å². The first-order valence-corrected chi connectivity index (χ1v) is 6.59. The van der Waals surface area contributed by atoms with E-state index in [9.17, 15) is 14.9 Å². The Labute approximate surface area is 119 Å². The third-order valence-electron chi connectivity index (χ3n) is 2.50. The molecule has 1 amide bonds. The molecular formula is C12H15BrN2O4. The van der Waals surface area contributed by atoms with Gasteiger partial charge in [0.1, 0.15) is 5.75 Å². The zero-order valence-electron chi connectivity index (χ0n) is 10.7. The number of nitrogens with zero attached hydrogens (tertiary/aromatic N) is 1. The number of hydrogen-bond acceptors (Lipinski definition) is 4. The molecule has 0 saturated heterocycles. The summed E-state index contributed by atoms with van der Waals surface area (Å²) in [7, 11) is 0. The molecule has 1 rings (SSSR count). The number of halogens is 1. The molecule has 19 heavy (non-hydrogen) atoms. The fourth-order valence-electron chi connectivity index (χ4n) is 1.28. The first kappa shape index (κ1) is 15.4. The zero-order chi connectivity index (χ0) is 14.4. The van der Waals surface area contributed by atoms with Crippen LogP contribution in [0.25, 0.3) is 0 Å². The fraction of sp³-hybridized carbons (Fsp3) is 0.417. The summed E-state index contributed by atoms with van der Waals surface area (Å²) in [5.74, 6) is 0.0151. The summed E-state index contributed by atoms with van der Waals surface area (Å²) in [6.45, 7) is 3.67. The molecule has 104 valence electrons. The summed E-state index contributed by atoms with van der Waals surface area (Å²) in [6, 6.07) is 4.22. The quantitative estimate of drug-likeness (QED) is 0.642. The predicted octanol–water partition coefficient (Wildman–Crippen LogP) is 2.65. The molecule has 1 aromatic carbocycles. The maximum absolute atomic E-state index is 11.5. The highest BCUT2D eigenvalue weighted by atomic mass is 79.9. The van der Waals surface area contributed by atoms with E-state index >= 15 is 0 Å². The lowest BCUT2D eigenvalue weighted by molar-refractivity contribution is -0.385. The van der Waals surface area contributed by atoms with Gasteiger partial charge in [-0.25, -0.2) is 0 Å². The second kappa shape index (κ2) is 7.08. The highest BCUT2D eigenvalue weighted by Crippen LogP contribution is 2.29. The Morgan fingerprint density at radius 1 is 1.58 bits per heavy atom. The van der Waals surface area contributed by atoms with Crippen LogP contribution in [0.2, 0.25) is 0 Å². The number of benzene rings is 1. The van der Waals surface area contributed by atoms with Crippen molar-refractivity contribution in [3.8, 4) is 5.75 Å². The number of amides is 1. The second-order valence-electron chi connectivity index (χ2n) is 4.04. The Morgan fingerprint density at radius 3 is 2.84 bits per heavy atom. The van der Waals surface area contributed by atoms with E-state index in [0.717, 1.165) is 6.42 Å². The molecular weight excluding hydrogens is 316 g/mol. The van der Waals surface area contributed by atoms with Crippen molar-refractivity contribution in [2.24, 2.45) is 0 Å². The van der Waals surface area contributed by atoms with Crippen LogP contribution in [-0.2, 0) is 4.79 Å². The van der Waals surface area contributed by atoms with E-state index in [0.29, 0.717) is 4.47 Å². The number of carbonyl (C=O) groups is 1. The third-order valence-corrected chi connectivity index (χ3v) is 3.16. The van der Waals surface area contributed by atoms with Crippen molar-refractivity contribution < 1.29 is 14.5 Å². The summed E-state index contributed by atoms with van der Waals surface area (Å²) in [5, 5.41) is 13.4. The van der Waals surface area contributed by atoms with Gasteiger partial charge in [0.25, 0.3) is 11.6 Å². The summed E-state index contributed by atoms with van der Waals surface area (Å²) in [4.78, 5) is 21.7. The number of ether oxygens (including phenoxy) is 1. The lowest BCUT2D eigenvalue weighted by Gasteiger charge is -2.12. The monoisotopic (exact) mass is 330 g/mol. The summed E-state index contributed by atoms with van der Waals surface area (Å²) in [5.41, 5.74) is -0.0828. The molecule has 1 atom stereocenters. The topological polar surface area (TPSA) is 81.5 Å². The molecule has 1 N–H and O–H groups in total. The lowest BCUT2D eigenvalue weighted by atomic mass is 10.2. The number of nitro groups is 1. The van der Waals surface area contributed by atoms with Crippen molar-refractivity contribution in [2.75, 3.05) is 6.61 Å². The molecule has 1 unspecified atom stereocenters. The van der Waals surface area contributed by atoms with Gasteiger partial charge in [0.15, 0.2) is 6.61 Å². The molecule has 0 heterocycles. The summed E-state index contributed by atoms with van der Waals surface area (Å²) < 4.78 is 5.84. The maximum Gasteiger partial charge on any atom is 0.273 e. The van der Waals surface area contributed by atoms with Crippen molar-refractivity contribution in [3.05, 3.63) is 32.8 Å². The minimum Gasteiger partial charge on any atom is -0.482 e. The van der Waals surface area contributed by atoms with Gasteiger partial charge in [-0.05, 0) is 35.3 Å². The van der Waals surface area contributed by atoms with Gasteiger partial charge in [-0.3, -0.25) is 14.9 Å². The predicted molar refractivity (Wildman–Crippen MR) is 74.2 cm³/mol. The second-order valence-corrected chi connectivity index (χ2v) is 4.89. The van der Waals surface area contributed by atoms with Crippen LogP contribution in [0, 0.1) is 10.1 Å². The van der Waals surface area contributed by atoms with Gasteiger partial charge in [-0.15, -0.1) is 0 Å². The largest absolute Gasteiger partial charge is 0.482 e. The van der Waals surface area contributed by atoms with Crippen molar-refractivity contribution in [2.45, 2.75) is 26.3 Å². The number of carbonyl (C=O) groups excluding carboxylic acids is 1. The molecule has 0 spiro atoms. The lowest BCUT2D eigenvalue weighted by Crippen LogP contribution is -2.35. The van der Waals surface area contributed by atoms with Gasteiger partial charge >= 0.3 is 0 Å². The highest BCUT2D eigenvalue weighted by molar-refractivity contribution is 9.10. The Balaban J connectivity index is 2.64. The number of rotatable bonds is 6. The van der Waals surface area contributed by atoms with E-state index in [4.69, 9.17) is 4.74 Å². The van der Waals surface area contributed by atoms with E-state index < -0.39 is 4.92 Å². The molecule has 1 aromatic rings. The molecule has 0 bridgehead atoms. The number of nitrogens with one attached hydrogen (secondary N) is 1. The molecule has 0 radical (unpaired) electrons. The summed E-state index contributed by atoms with van der Waals surface area (Å²) in [6.07, 6.45) is 0.826. The van der Waals surface area contributed by atoms with Crippen molar-refractivity contribution in [3.63, 3.8) is 0 Å². The minimum atomic E-state index is -0.515. The Kier molecular flexibility index (Phi) is 5.75. The standard InChI is InChI=1S/C12H15BrN2O4/c1-3-8(2)14-12(16)7-19-11-6-9(15(17)18)4-5-10(11)13/h4-6,8H,3,7H2,1-2H3,(H,14,16). The van der Waals surface area contributed by atoms with Crippen LogP contribution in [0.4, 0.5) is 5.69 Å². The van der Waals surface area contributed by atoms with Crippen LogP contribution in [0.1, 0.15) is 20.3 Å². The average Bonchev–Trinajstić information content (AvgIpc) is 2.37. The van der Waals surface area contributed by atoms with Crippen LogP contribution in [-0.4, -0.2) is 23.5 Å². The van der Waals surface area contributed by atoms with Gasteiger partial charge < -0.3 is 10.1 Å². The summed E-state index contributed by atoms with van der Waals surface area (Å²) >= 11 is 3.21. The van der Waals surface area contributed by atoms with Crippen molar-refractivity contribution in [1.29, 1.82) is 0 Å². The van der Waals surface area contributed by atoms with Crippen LogP contribution in [0.3, 0.4) is 0 Å². The van der Waals surface area contributed by atoms with Gasteiger partial charge in [0.2, 0.25) is 0 Å². The SMILES string of the molecule is CCC(C)NC(=O)COc1cc([N+](=O)[O-])ccc1Br. The smallest absolute Gasteiger partial charge is 0.273 e. The molecule has 0 aliphatic rings. The normalized spacial score (nSPS) is 11.7. The first-order chi connectivity index (χ1) is 8.93. The zero-order valence-corrected chi connectivity index (χ0v) is 12.3. The molecule has 0 saturated carbocycles. The van der Waals surface area contributed by atoms with Crippen LogP contribution < -0.4 is 10.1 Å². The van der Waals surface area contributed by atoms with Gasteiger partial charge in [0.05, 0.1) is 15.5 Å². The Hall–Kier alpha value is -1.63. The maximum atomic E-state index is 11.5. The molecule has 0 fully saturated rings. The van der Waals surface area contributed by atoms with Crippen LogP contribution in [0.5, 0.6) is 5.75 Å². The highest BCUT2D eigenvalue weighted by Gasteiger charge is 2.12. The third kappa shape index (κ3) is 4.86. The Bertz CT molecular complexity index is 479. The molecule has 0 aliphatic heterocycles. The first-order valence-electron chi connectivity index (χ1n) is 5.80. The number of nitro benzene ring substituents is 1. The average molecular weight is 331 g/mol. The van der Waals surface area contributed by atoms with Gasteiger partial charge in [-0.1, -0.05) is 6.92 Å². The van der Waals surface area contributed by atoms with Crippen LogP contribution >= 0.6 is 15.9 Å². The van der Waals surface area contributed by atoms with Crippen molar-refractivity contribution >= 4 is 27.5 Å². The van der Waals surface area contributed by atoms with E-state index in [2.05, 4.69) is 21.2 Å². The molecule has 0 aliphatic carbocycles. The molecule has 7 heteroatoms. The van der Waals surface area contributed by atoms with Crippen molar-refractivity contribution in [1.82, 2.24) is 5.32 Å². The molecule has 0 aromatic heterocycles. The van der Waals surface area contributed by atoms with Crippen LogP contribution in [0.15, 0.2) is 22.7 Å². The van der Waals surface area contributed by atoms with E-state index in [1.165, 1.54) is 18.2 Å². The molecule has 6 nitrogen and oxygen atoms in total. The number of non-ortho nitro benzene ring substituents is 1. The minimum absolute atomic E-state index is 0.0738. The van der Waals surface area contributed by atoms with Gasteiger partial charge in [0, 0.05) is 12.1 Å². The fourth-order valence-corrected chi connectivity index (χ4v) is 1.64. The Morgan fingerprint density at radius 2 is 2.26 bits per heavy atom. The van der Waals surface area contributed by atoms with E-state index in [1.807, 2.05) is 13.8 Å². The van der Waals surface area contributed by atoms with Gasteiger partial charge in [-0.2, -0.15) is 0 Å². The van der Waals surface area contributed by atoms with E-state index in [-0.39, 0.29) is 30.0 Å². The number of hydrogen-bond donors (Lipinski definition) is 1.